The normalized spacial score (nSPS) is 16.5. The van der Waals surface area contributed by atoms with Gasteiger partial charge in [0.1, 0.15) is 17.2 Å². The van der Waals surface area contributed by atoms with Crippen LogP contribution in [0.1, 0.15) is 29.2 Å². The minimum Gasteiger partial charge on any atom is -0.289 e. The van der Waals surface area contributed by atoms with Crippen molar-refractivity contribution in [1.82, 2.24) is 14.5 Å². The zero-order valence-electron chi connectivity index (χ0n) is 16.5. The van der Waals surface area contributed by atoms with E-state index in [1.165, 1.54) is 21.8 Å². The predicted molar refractivity (Wildman–Crippen MR) is 122 cm³/mol. The Morgan fingerprint density at radius 1 is 1.23 bits per heavy atom. The minimum absolute atomic E-state index is 0.00705. The van der Waals surface area contributed by atoms with Gasteiger partial charge in [0.05, 0.1) is 18.0 Å². The van der Waals surface area contributed by atoms with E-state index < -0.39 is 0 Å². The van der Waals surface area contributed by atoms with Crippen LogP contribution in [0, 0.1) is 11.3 Å². The van der Waals surface area contributed by atoms with Gasteiger partial charge in [0.15, 0.2) is 0 Å². The number of nitrogens with zero attached hydrogens (tertiary/aromatic N) is 4. The second-order valence-electron chi connectivity index (χ2n) is 7.47. The van der Waals surface area contributed by atoms with Crippen molar-refractivity contribution in [3.8, 4) is 17.2 Å². The number of nitriles is 1. The summed E-state index contributed by atoms with van der Waals surface area (Å²) in [6.07, 6.45) is 1.01. The lowest BCUT2D eigenvalue weighted by molar-refractivity contribution is 0.184. The Hall–Kier alpha value is -2.79. The summed E-state index contributed by atoms with van der Waals surface area (Å²) in [5.41, 5.74) is 3.12. The molecule has 0 N–H and O–H groups in total. The van der Waals surface area contributed by atoms with Crippen molar-refractivity contribution in [3.63, 3.8) is 0 Å². The van der Waals surface area contributed by atoms with Crippen LogP contribution in [-0.2, 0) is 19.5 Å². The van der Waals surface area contributed by atoms with Gasteiger partial charge >= 0.3 is 0 Å². The lowest BCUT2D eigenvalue weighted by Crippen LogP contribution is -2.36. The molecule has 0 amide bonds. The molecule has 30 heavy (non-hydrogen) atoms. The first-order valence-electron chi connectivity index (χ1n) is 9.91. The summed E-state index contributed by atoms with van der Waals surface area (Å²) in [4.78, 5) is 22.8. The van der Waals surface area contributed by atoms with Crippen LogP contribution in [0.4, 0.5) is 0 Å². The Morgan fingerprint density at radius 2 is 2.07 bits per heavy atom. The quantitative estimate of drug-likeness (QED) is 0.463. The maximum absolute atomic E-state index is 13.4. The fraction of sp³-hybridized carbons (Fsp3) is 0.261. The lowest BCUT2D eigenvalue weighted by Gasteiger charge is -2.33. The fourth-order valence-electron chi connectivity index (χ4n) is 4.21. The van der Waals surface area contributed by atoms with Gasteiger partial charge < -0.3 is 0 Å². The van der Waals surface area contributed by atoms with E-state index in [9.17, 15) is 10.1 Å². The molecule has 0 saturated carbocycles. The molecular formula is C23H20N4OS2. The van der Waals surface area contributed by atoms with E-state index in [2.05, 4.69) is 29.3 Å². The number of thiophene rings is 2. The second-order valence-corrected chi connectivity index (χ2v) is 9.33. The van der Waals surface area contributed by atoms with Crippen molar-refractivity contribution in [2.45, 2.75) is 32.5 Å². The summed E-state index contributed by atoms with van der Waals surface area (Å²) in [7, 11) is 0. The van der Waals surface area contributed by atoms with Crippen LogP contribution in [0.15, 0.2) is 52.0 Å². The molecule has 1 aliphatic rings. The van der Waals surface area contributed by atoms with Gasteiger partial charge in [-0.2, -0.15) is 5.26 Å². The smallest absolute Gasteiger partial charge is 0.263 e. The number of aromatic nitrogens is 2. The maximum Gasteiger partial charge on any atom is 0.263 e. The second kappa shape index (κ2) is 7.80. The molecule has 0 radical (unpaired) electrons. The molecule has 150 valence electrons. The highest BCUT2D eigenvalue weighted by atomic mass is 32.1. The first kappa shape index (κ1) is 19.2. The van der Waals surface area contributed by atoms with Crippen molar-refractivity contribution in [2.75, 3.05) is 6.54 Å². The SMILES string of the molecule is CC1c2ccsc2CCN1Cc1nc2scc(-c3ccccc3)c2c(=O)n1CC#N. The largest absolute Gasteiger partial charge is 0.289 e. The molecule has 1 aliphatic heterocycles. The van der Waals surface area contributed by atoms with Crippen LogP contribution in [0.2, 0.25) is 0 Å². The first-order valence-corrected chi connectivity index (χ1v) is 11.7. The molecule has 4 heterocycles. The molecule has 3 aromatic heterocycles. The molecule has 0 spiro atoms. The average Bonchev–Trinajstić information content (AvgIpc) is 3.41. The highest BCUT2D eigenvalue weighted by molar-refractivity contribution is 7.17. The fourth-order valence-corrected chi connectivity index (χ4v) is 6.13. The topological polar surface area (TPSA) is 61.9 Å². The average molecular weight is 433 g/mol. The molecule has 1 unspecified atom stereocenters. The van der Waals surface area contributed by atoms with E-state index in [4.69, 9.17) is 4.98 Å². The number of rotatable bonds is 4. The van der Waals surface area contributed by atoms with Crippen LogP contribution < -0.4 is 5.56 Å². The number of fused-ring (bicyclic) bond motifs is 2. The van der Waals surface area contributed by atoms with Gasteiger partial charge in [0.2, 0.25) is 0 Å². The molecular weight excluding hydrogens is 412 g/mol. The van der Waals surface area contributed by atoms with E-state index in [0.29, 0.717) is 17.8 Å². The van der Waals surface area contributed by atoms with Crippen LogP contribution >= 0.6 is 22.7 Å². The molecule has 5 nitrogen and oxygen atoms in total. The standard InChI is InChI=1S/C23H20N4OS2/c1-15-17-8-12-29-19(17)7-10-26(15)13-20-25-22-21(23(28)27(20)11-9-24)18(14-30-22)16-5-3-2-4-6-16/h2-6,8,12,14-15H,7,10-11,13H2,1H3. The predicted octanol–water partition coefficient (Wildman–Crippen LogP) is 4.83. The first-order chi connectivity index (χ1) is 14.7. The number of benzene rings is 1. The third-order valence-corrected chi connectivity index (χ3v) is 7.70. The number of hydrogen-bond acceptors (Lipinski definition) is 6. The molecule has 4 aromatic rings. The zero-order chi connectivity index (χ0) is 20.7. The summed E-state index contributed by atoms with van der Waals surface area (Å²) in [5, 5.41) is 14.1. The highest BCUT2D eigenvalue weighted by Crippen LogP contribution is 2.34. The minimum atomic E-state index is -0.127. The van der Waals surface area contributed by atoms with E-state index in [0.717, 1.165) is 28.9 Å². The lowest BCUT2D eigenvalue weighted by atomic mass is 10.0. The van der Waals surface area contributed by atoms with Gasteiger partial charge in [-0.15, -0.1) is 22.7 Å². The van der Waals surface area contributed by atoms with Gasteiger partial charge in [-0.25, -0.2) is 4.98 Å². The summed E-state index contributed by atoms with van der Waals surface area (Å²) in [5.74, 6) is 0.668. The summed E-state index contributed by atoms with van der Waals surface area (Å²) in [6.45, 7) is 3.69. The Balaban J connectivity index is 1.59. The van der Waals surface area contributed by atoms with Gasteiger partial charge in [0.25, 0.3) is 5.56 Å². The molecule has 5 rings (SSSR count). The molecule has 0 aliphatic carbocycles. The van der Waals surface area contributed by atoms with E-state index in [1.54, 1.807) is 4.57 Å². The van der Waals surface area contributed by atoms with Crippen molar-refractivity contribution < 1.29 is 0 Å². The van der Waals surface area contributed by atoms with Crippen LogP contribution in [0.25, 0.3) is 21.3 Å². The molecule has 0 saturated heterocycles. The molecule has 0 fully saturated rings. The Kier molecular flexibility index (Phi) is 4.99. The van der Waals surface area contributed by atoms with Crippen molar-refractivity contribution in [3.05, 3.63) is 73.8 Å². The molecule has 7 heteroatoms. The molecule has 1 aromatic carbocycles. The van der Waals surface area contributed by atoms with Gasteiger partial charge in [-0.3, -0.25) is 14.3 Å². The summed E-state index contributed by atoms with van der Waals surface area (Å²) in [6, 6.07) is 14.5. The summed E-state index contributed by atoms with van der Waals surface area (Å²) < 4.78 is 1.55. The van der Waals surface area contributed by atoms with Crippen molar-refractivity contribution in [2.24, 2.45) is 0 Å². The van der Waals surface area contributed by atoms with Crippen molar-refractivity contribution in [1.29, 1.82) is 5.26 Å². The van der Waals surface area contributed by atoms with Crippen molar-refractivity contribution >= 4 is 32.9 Å². The van der Waals surface area contributed by atoms with Gasteiger partial charge in [0, 0.05) is 28.4 Å². The Morgan fingerprint density at radius 3 is 2.87 bits per heavy atom. The summed E-state index contributed by atoms with van der Waals surface area (Å²) >= 11 is 3.31. The van der Waals surface area contributed by atoms with Gasteiger partial charge in [-0.1, -0.05) is 30.3 Å². The van der Waals surface area contributed by atoms with E-state index >= 15 is 0 Å². The monoisotopic (exact) mass is 432 g/mol. The van der Waals surface area contributed by atoms with E-state index in [1.807, 2.05) is 47.0 Å². The zero-order valence-corrected chi connectivity index (χ0v) is 18.2. The van der Waals surface area contributed by atoms with E-state index in [-0.39, 0.29) is 18.1 Å². The van der Waals surface area contributed by atoms with Crippen LogP contribution in [-0.4, -0.2) is 21.0 Å². The van der Waals surface area contributed by atoms with Gasteiger partial charge in [-0.05, 0) is 35.9 Å². The third-order valence-electron chi connectivity index (χ3n) is 5.83. The molecule has 1 atom stereocenters. The highest BCUT2D eigenvalue weighted by Gasteiger charge is 2.26. The third kappa shape index (κ3) is 3.18. The Labute approximate surface area is 182 Å². The molecule has 0 bridgehead atoms. The van der Waals surface area contributed by atoms with Crippen LogP contribution in [0.3, 0.4) is 0 Å². The van der Waals surface area contributed by atoms with Crippen LogP contribution in [0.5, 0.6) is 0 Å². The Bertz CT molecular complexity index is 1310. The maximum atomic E-state index is 13.4. The number of hydrogen-bond donors (Lipinski definition) is 0.